The smallest absolute Gasteiger partial charge is 0.274 e. The molecule has 1 aromatic heterocycles. The zero-order valence-electron chi connectivity index (χ0n) is 13.2. The van der Waals surface area contributed by atoms with Gasteiger partial charge < -0.3 is 9.64 Å². The molecule has 1 aromatic rings. The highest BCUT2D eigenvalue weighted by Gasteiger charge is 2.24. The molecule has 120 valence electrons. The summed E-state index contributed by atoms with van der Waals surface area (Å²) < 4.78 is 5.71. The monoisotopic (exact) mass is 304 g/mol. The molecule has 1 atom stereocenters. The van der Waals surface area contributed by atoms with Gasteiger partial charge in [-0.3, -0.25) is 14.7 Å². The fourth-order valence-corrected chi connectivity index (χ4v) is 3.10. The van der Waals surface area contributed by atoms with Gasteiger partial charge in [-0.25, -0.2) is 4.98 Å². The Hall–Kier alpha value is -1.53. The number of aryl methyl sites for hydroxylation is 1. The molecule has 1 unspecified atom stereocenters. The van der Waals surface area contributed by atoms with Crippen LogP contribution in [0.15, 0.2) is 12.4 Å². The van der Waals surface area contributed by atoms with E-state index in [9.17, 15) is 4.79 Å². The molecule has 3 heterocycles. The molecule has 0 bridgehead atoms. The van der Waals surface area contributed by atoms with E-state index in [1.807, 2.05) is 11.8 Å². The first-order valence-corrected chi connectivity index (χ1v) is 8.14. The van der Waals surface area contributed by atoms with Crippen LogP contribution in [0.2, 0.25) is 0 Å². The average Bonchev–Trinajstić information content (AvgIpc) is 2.92. The summed E-state index contributed by atoms with van der Waals surface area (Å²) in [6.07, 6.45) is 6.94. The molecule has 0 aliphatic carbocycles. The maximum atomic E-state index is 12.5. The summed E-state index contributed by atoms with van der Waals surface area (Å²) in [6, 6.07) is 0. The molecule has 6 nitrogen and oxygen atoms in total. The lowest BCUT2D eigenvalue weighted by molar-refractivity contribution is 0.0701. The molecular weight excluding hydrogens is 280 g/mol. The summed E-state index contributed by atoms with van der Waals surface area (Å²) in [7, 11) is 0. The Morgan fingerprint density at radius 1 is 1.23 bits per heavy atom. The molecule has 0 aromatic carbocycles. The molecule has 2 saturated heterocycles. The lowest BCUT2D eigenvalue weighted by Crippen LogP contribution is -2.37. The molecule has 6 heteroatoms. The van der Waals surface area contributed by atoms with Crippen LogP contribution >= 0.6 is 0 Å². The second kappa shape index (κ2) is 7.15. The summed E-state index contributed by atoms with van der Waals surface area (Å²) in [6.45, 7) is 7.24. The zero-order chi connectivity index (χ0) is 15.4. The summed E-state index contributed by atoms with van der Waals surface area (Å²) in [5, 5.41) is 0. The third-order valence-corrected chi connectivity index (χ3v) is 4.36. The Bertz CT molecular complexity index is 499. The van der Waals surface area contributed by atoms with Crippen LogP contribution in [0.4, 0.5) is 0 Å². The molecule has 1 amide bonds. The number of nitrogens with zero attached hydrogens (tertiary/aromatic N) is 4. The van der Waals surface area contributed by atoms with E-state index in [4.69, 9.17) is 4.74 Å². The largest absolute Gasteiger partial charge is 0.377 e. The van der Waals surface area contributed by atoms with E-state index in [0.717, 1.165) is 57.9 Å². The molecule has 2 aliphatic heterocycles. The van der Waals surface area contributed by atoms with Crippen LogP contribution in [0.3, 0.4) is 0 Å². The Labute approximate surface area is 131 Å². The van der Waals surface area contributed by atoms with Crippen molar-refractivity contribution in [3.8, 4) is 0 Å². The molecule has 3 rings (SSSR count). The van der Waals surface area contributed by atoms with Crippen LogP contribution in [-0.4, -0.2) is 71.1 Å². The van der Waals surface area contributed by atoms with Gasteiger partial charge >= 0.3 is 0 Å². The van der Waals surface area contributed by atoms with Crippen LogP contribution in [0, 0.1) is 6.92 Å². The van der Waals surface area contributed by atoms with Gasteiger partial charge in [0.15, 0.2) is 0 Å². The van der Waals surface area contributed by atoms with E-state index in [1.165, 1.54) is 6.42 Å². The summed E-state index contributed by atoms with van der Waals surface area (Å²) >= 11 is 0. The van der Waals surface area contributed by atoms with Crippen LogP contribution in [0.5, 0.6) is 0 Å². The van der Waals surface area contributed by atoms with E-state index in [2.05, 4.69) is 14.9 Å². The Morgan fingerprint density at radius 3 is 2.86 bits per heavy atom. The highest BCUT2D eigenvalue weighted by molar-refractivity contribution is 5.92. The van der Waals surface area contributed by atoms with Gasteiger partial charge in [-0.2, -0.15) is 0 Å². The minimum Gasteiger partial charge on any atom is -0.377 e. The summed E-state index contributed by atoms with van der Waals surface area (Å²) in [4.78, 5) is 25.2. The van der Waals surface area contributed by atoms with E-state index in [-0.39, 0.29) is 5.91 Å². The minimum absolute atomic E-state index is 0.00790. The first-order valence-electron chi connectivity index (χ1n) is 8.14. The minimum atomic E-state index is -0.00790. The van der Waals surface area contributed by atoms with E-state index in [0.29, 0.717) is 11.8 Å². The van der Waals surface area contributed by atoms with Crippen molar-refractivity contribution in [1.29, 1.82) is 0 Å². The lowest BCUT2D eigenvalue weighted by atomic mass is 10.2. The number of hydrogen-bond donors (Lipinski definition) is 0. The highest BCUT2D eigenvalue weighted by Crippen LogP contribution is 2.15. The first-order chi connectivity index (χ1) is 10.7. The fourth-order valence-electron chi connectivity index (χ4n) is 3.10. The predicted octanol–water partition coefficient (Wildman–Crippen LogP) is 1.11. The number of carbonyl (C=O) groups is 1. The quantitative estimate of drug-likeness (QED) is 0.837. The molecule has 0 saturated carbocycles. The van der Waals surface area contributed by atoms with Crippen LogP contribution < -0.4 is 0 Å². The SMILES string of the molecule is Cc1cnc(C(=O)N2CCCN(CC3CCCO3)CC2)cn1. The lowest BCUT2D eigenvalue weighted by Gasteiger charge is -2.23. The van der Waals surface area contributed by atoms with E-state index in [1.54, 1.807) is 12.4 Å². The van der Waals surface area contributed by atoms with Gasteiger partial charge in [0.2, 0.25) is 0 Å². The summed E-state index contributed by atoms with van der Waals surface area (Å²) in [5.41, 5.74) is 1.27. The van der Waals surface area contributed by atoms with Crippen molar-refractivity contribution in [2.45, 2.75) is 32.3 Å². The molecular formula is C16H24N4O2. The number of rotatable bonds is 3. The normalized spacial score (nSPS) is 23.5. The zero-order valence-corrected chi connectivity index (χ0v) is 13.2. The second-order valence-corrected chi connectivity index (χ2v) is 6.12. The van der Waals surface area contributed by atoms with Gasteiger partial charge in [-0.1, -0.05) is 0 Å². The van der Waals surface area contributed by atoms with Crippen molar-refractivity contribution in [1.82, 2.24) is 19.8 Å². The van der Waals surface area contributed by atoms with Gasteiger partial charge in [-0.15, -0.1) is 0 Å². The third-order valence-electron chi connectivity index (χ3n) is 4.36. The van der Waals surface area contributed by atoms with Gasteiger partial charge in [0, 0.05) is 39.0 Å². The molecule has 0 spiro atoms. The Kier molecular flexibility index (Phi) is 5.00. The van der Waals surface area contributed by atoms with E-state index < -0.39 is 0 Å². The fraction of sp³-hybridized carbons (Fsp3) is 0.688. The van der Waals surface area contributed by atoms with Gasteiger partial charge in [0.1, 0.15) is 5.69 Å². The molecule has 2 aliphatic rings. The maximum Gasteiger partial charge on any atom is 0.274 e. The van der Waals surface area contributed by atoms with Crippen molar-refractivity contribution < 1.29 is 9.53 Å². The number of amides is 1. The number of carbonyl (C=O) groups excluding carboxylic acids is 1. The topological polar surface area (TPSA) is 58.6 Å². The van der Waals surface area contributed by atoms with Gasteiger partial charge in [-0.05, 0) is 32.7 Å². The van der Waals surface area contributed by atoms with Crippen molar-refractivity contribution in [2.75, 3.05) is 39.3 Å². The number of aromatic nitrogens is 2. The molecule has 22 heavy (non-hydrogen) atoms. The van der Waals surface area contributed by atoms with Crippen molar-refractivity contribution >= 4 is 5.91 Å². The van der Waals surface area contributed by atoms with Crippen LogP contribution in [0.25, 0.3) is 0 Å². The molecule has 0 radical (unpaired) electrons. The second-order valence-electron chi connectivity index (χ2n) is 6.12. The third kappa shape index (κ3) is 3.81. The van der Waals surface area contributed by atoms with Crippen molar-refractivity contribution in [3.63, 3.8) is 0 Å². The Morgan fingerprint density at radius 2 is 2.14 bits per heavy atom. The van der Waals surface area contributed by atoms with Crippen LogP contribution in [-0.2, 0) is 4.74 Å². The van der Waals surface area contributed by atoms with Crippen molar-refractivity contribution in [2.24, 2.45) is 0 Å². The highest BCUT2D eigenvalue weighted by atomic mass is 16.5. The van der Waals surface area contributed by atoms with Crippen molar-refractivity contribution in [3.05, 3.63) is 23.8 Å². The first kappa shape index (κ1) is 15.4. The predicted molar refractivity (Wildman–Crippen MR) is 82.7 cm³/mol. The van der Waals surface area contributed by atoms with Crippen LogP contribution in [0.1, 0.15) is 35.4 Å². The van der Waals surface area contributed by atoms with Gasteiger partial charge in [0.05, 0.1) is 18.0 Å². The maximum absolute atomic E-state index is 12.5. The molecule has 2 fully saturated rings. The van der Waals surface area contributed by atoms with E-state index >= 15 is 0 Å². The average molecular weight is 304 g/mol. The molecule has 0 N–H and O–H groups in total. The Balaban J connectivity index is 1.55. The number of hydrogen-bond acceptors (Lipinski definition) is 5. The summed E-state index contributed by atoms with van der Waals surface area (Å²) in [5.74, 6) is -0.00790. The number of ether oxygens (including phenoxy) is 1. The standard InChI is InChI=1S/C16H24N4O2/c1-13-10-18-15(11-17-13)16(21)20-6-3-5-19(7-8-20)12-14-4-2-9-22-14/h10-11,14H,2-9,12H2,1H3. The van der Waals surface area contributed by atoms with Gasteiger partial charge in [0.25, 0.3) is 5.91 Å².